The monoisotopic (exact) mass is 443 g/mol. The predicted octanol–water partition coefficient (Wildman–Crippen LogP) is 5.13. The highest BCUT2D eigenvalue weighted by Crippen LogP contribution is 2.34. The highest BCUT2D eigenvalue weighted by Gasteiger charge is 2.37. The SMILES string of the molecule is C[C@H]1CC(=O)N(c2ccc(NCCC(c3ccccc3)c3ccccc3)c([N+](=O)[O-])c2)C1=O. The number of nitrogens with zero attached hydrogens (tertiary/aromatic N) is 2. The van der Waals surface area contributed by atoms with Crippen molar-refractivity contribution in [2.24, 2.45) is 5.92 Å². The van der Waals surface area contributed by atoms with Crippen molar-refractivity contribution in [3.05, 3.63) is 100 Å². The Bertz CT molecular complexity index is 1130. The van der Waals surface area contributed by atoms with Crippen LogP contribution in [-0.4, -0.2) is 23.3 Å². The Morgan fingerprint density at radius 3 is 2.12 bits per heavy atom. The van der Waals surface area contributed by atoms with Gasteiger partial charge in [-0.05, 0) is 29.7 Å². The van der Waals surface area contributed by atoms with Gasteiger partial charge in [-0.25, -0.2) is 0 Å². The van der Waals surface area contributed by atoms with Crippen LogP contribution >= 0.6 is 0 Å². The smallest absolute Gasteiger partial charge is 0.294 e. The van der Waals surface area contributed by atoms with Gasteiger partial charge < -0.3 is 5.32 Å². The summed E-state index contributed by atoms with van der Waals surface area (Å²) in [5.74, 6) is -0.943. The number of anilines is 2. The molecule has 1 N–H and O–H groups in total. The summed E-state index contributed by atoms with van der Waals surface area (Å²) in [4.78, 5) is 36.8. The number of nitro groups is 1. The van der Waals surface area contributed by atoms with Crippen LogP contribution < -0.4 is 10.2 Å². The molecule has 3 aromatic carbocycles. The largest absolute Gasteiger partial charge is 0.379 e. The van der Waals surface area contributed by atoms with E-state index in [4.69, 9.17) is 0 Å². The molecule has 7 heteroatoms. The average Bonchev–Trinajstić information content (AvgIpc) is 3.09. The molecule has 1 saturated heterocycles. The van der Waals surface area contributed by atoms with E-state index in [0.29, 0.717) is 12.2 Å². The Labute approximate surface area is 192 Å². The van der Waals surface area contributed by atoms with Crippen LogP contribution in [0.5, 0.6) is 0 Å². The lowest BCUT2D eigenvalue weighted by Crippen LogP contribution is -2.30. The molecule has 33 heavy (non-hydrogen) atoms. The average molecular weight is 444 g/mol. The summed E-state index contributed by atoms with van der Waals surface area (Å²) in [6, 6.07) is 24.7. The molecule has 2 amide bonds. The normalized spacial score (nSPS) is 15.8. The second-order valence-electron chi connectivity index (χ2n) is 8.22. The van der Waals surface area contributed by atoms with Crippen molar-refractivity contribution >= 4 is 28.9 Å². The fourth-order valence-corrected chi connectivity index (χ4v) is 4.26. The van der Waals surface area contributed by atoms with E-state index in [2.05, 4.69) is 29.6 Å². The van der Waals surface area contributed by atoms with E-state index in [1.54, 1.807) is 19.1 Å². The molecule has 1 aliphatic rings. The number of amides is 2. The fraction of sp³-hybridized carbons (Fsp3) is 0.231. The second-order valence-corrected chi connectivity index (χ2v) is 8.22. The lowest BCUT2D eigenvalue weighted by atomic mass is 9.88. The Kier molecular flexibility index (Phi) is 6.49. The Hall–Kier alpha value is -4.00. The second kappa shape index (κ2) is 9.65. The molecule has 0 radical (unpaired) electrons. The first kappa shape index (κ1) is 22.2. The van der Waals surface area contributed by atoms with Crippen molar-refractivity contribution in [3.63, 3.8) is 0 Å². The molecule has 4 rings (SSSR count). The summed E-state index contributed by atoms with van der Waals surface area (Å²) >= 11 is 0. The van der Waals surface area contributed by atoms with Crippen LogP contribution in [-0.2, 0) is 9.59 Å². The van der Waals surface area contributed by atoms with E-state index < -0.39 is 10.8 Å². The number of carbonyl (C=O) groups is 2. The summed E-state index contributed by atoms with van der Waals surface area (Å²) in [6.45, 7) is 2.19. The maximum absolute atomic E-state index is 12.3. The third kappa shape index (κ3) is 4.77. The van der Waals surface area contributed by atoms with Crippen LogP contribution in [0.25, 0.3) is 0 Å². The standard InChI is InChI=1S/C26H25N3O4/c1-18-16-25(30)28(26(18)31)21-12-13-23(24(17-21)29(32)33)27-15-14-22(19-8-4-2-5-9-19)20-10-6-3-7-11-20/h2-13,17-18,22,27H,14-16H2,1H3/t18-/m0/s1. The molecular weight excluding hydrogens is 418 g/mol. The lowest BCUT2D eigenvalue weighted by Gasteiger charge is -2.19. The molecule has 1 heterocycles. The molecule has 1 fully saturated rings. The van der Waals surface area contributed by atoms with Crippen LogP contribution in [0.4, 0.5) is 17.1 Å². The quantitative estimate of drug-likeness (QED) is 0.296. The third-order valence-corrected chi connectivity index (χ3v) is 5.96. The zero-order valence-corrected chi connectivity index (χ0v) is 18.3. The van der Waals surface area contributed by atoms with Crippen molar-refractivity contribution in [2.45, 2.75) is 25.7 Å². The predicted molar refractivity (Wildman–Crippen MR) is 127 cm³/mol. The maximum atomic E-state index is 12.3. The molecule has 0 unspecified atom stereocenters. The molecule has 0 aliphatic carbocycles. The number of benzene rings is 3. The first-order chi connectivity index (χ1) is 16.0. The Balaban J connectivity index is 1.53. The van der Waals surface area contributed by atoms with E-state index in [1.807, 2.05) is 36.4 Å². The van der Waals surface area contributed by atoms with Crippen LogP contribution in [0.2, 0.25) is 0 Å². The van der Waals surface area contributed by atoms with Crippen molar-refractivity contribution < 1.29 is 14.5 Å². The lowest BCUT2D eigenvalue weighted by molar-refractivity contribution is -0.383. The molecule has 168 valence electrons. The van der Waals surface area contributed by atoms with Gasteiger partial charge in [-0.1, -0.05) is 67.6 Å². The van der Waals surface area contributed by atoms with Crippen LogP contribution in [0, 0.1) is 16.0 Å². The summed E-state index contributed by atoms with van der Waals surface area (Å²) in [7, 11) is 0. The summed E-state index contributed by atoms with van der Waals surface area (Å²) in [5, 5.41) is 14.9. The molecule has 7 nitrogen and oxygen atoms in total. The maximum Gasteiger partial charge on any atom is 0.294 e. The van der Waals surface area contributed by atoms with E-state index in [9.17, 15) is 19.7 Å². The molecule has 1 aliphatic heterocycles. The van der Waals surface area contributed by atoms with Gasteiger partial charge in [-0.3, -0.25) is 24.6 Å². The fourth-order valence-electron chi connectivity index (χ4n) is 4.26. The van der Waals surface area contributed by atoms with Gasteiger partial charge in [0.2, 0.25) is 11.8 Å². The summed E-state index contributed by atoms with van der Waals surface area (Å²) < 4.78 is 0. The summed E-state index contributed by atoms with van der Waals surface area (Å²) in [6.07, 6.45) is 0.848. The summed E-state index contributed by atoms with van der Waals surface area (Å²) in [5.41, 5.74) is 2.78. The van der Waals surface area contributed by atoms with Gasteiger partial charge in [-0.15, -0.1) is 0 Å². The van der Waals surface area contributed by atoms with Gasteiger partial charge in [0.05, 0.1) is 10.6 Å². The van der Waals surface area contributed by atoms with E-state index in [1.165, 1.54) is 17.2 Å². The minimum atomic E-state index is -0.494. The topological polar surface area (TPSA) is 92.6 Å². The highest BCUT2D eigenvalue weighted by atomic mass is 16.6. The van der Waals surface area contributed by atoms with Crippen LogP contribution in [0.15, 0.2) is 78.9 Å². The number of hydrogen-bond donors (Lipinski definition) is 1. The molecule has 3 aromatic rings. The van der Waals surface area contributed by atoms with Gasteiger partial charge in [0.15, 0.2) is 0 Å². The zero-order valence-electron chi connectivity index (χ0n) is 18.3. The van der Waals surface area contributed by atoms with Crippen molar-refractivity contribution in [2.75, 3.05) is 16.8 Å². The number of nitrogens with one attached hydrogen (secondary N) is 1. The highest BCUT2D eigenvalue weighted by molar-refractivity contribution is 6.21. The third-order valence-electron chi connectivity index (χ3n) is 5.96. The zero-order chi connectivity index (χ0) is 23.4. The first-order valence-corrected chi connectivity index (χ1v) is 10.9. The number of carbonyl (C=O) groups excluding carboxylic acids is 2. The molecule has 1 atom stereocenters. The number of nitro benzene ring substituents is 1. The van der Waals surface area contributed by atoms with E-state index in [0.717, 1.165) is 11.3 Å². The number of imide groups is 1. The Morgan fingerprint density at radius 1 is 1.00 bits per heavy atom. The molecule has 0 aromatic heterocycles. The minimum Gasteiger partial charge on any atom is -0.379 e. The van der Waals surface area contributed by atoms with Crippen molar-refractivity contribution in [1.82, 2.24) is 0 Å². The molecular formula is C26H25N3O4. The van der Waals surface area contributed by atoms with Crippen LogP contribution in [0.1, 0.15) is 36.8 Å². The van der Waals surface area contributed by atoms with Gasteiger partial charge in [-0.2, -0.15) is 0 Å². The molecule has 0 saturated carbocycles. The first-order valence-electron chi connectivity index (χ1n) is 10.9. The van der Waals surface area contributed by atoms with Crippen molar-refractivity contribution in [3.8, 4) is 0 Å². The van der Waals surface area contributed by atoms with Crippen molar-refractivity contribution in [1.29, 1.82) is 0 Å². The molecule has 0 bridgehead atoms. The van der Waals surface area contributed by atoms with Gasteiger partial charge in [0, 0.05) is 30.9 Å². The van der Waals surface area contributed by atoms with Crippen LogP contribution in [0.3, 0.4) is 0 Å². The van der Waals surface area contributed by atoms with E-state index >= 15 is 0 Å². The number of rotatable bonds is 8. The molecule has 0 spiro atoms. The van der Waals surface area contributed by atoms with Gasteiger partial charge in [0.25, 0.3) is 5.69 Å². The minimum absolute atomic E-state index is 0.118. The van der Waals surface area contributed by atoms with Gasteiger partial charge in [0.1, 0.15) is 5.69 Å². The number of hydrogen-bond acceptors (Lipinski definition) is 5. The van der Waals surface area contributed by atoms with E-state index in [-0.39, 0.29) is 35.5 Å². The van der Waals surface area contributed by atoms with Gasteiger partial charge >= 0.3 is 0 Å². The Morgan fingerprint density at radius 2 is 1.61 bits per heavy atom.